The van der Waals surface area contributed by atoms with Crippen molar-refractivity contribution in [2.75, 3.05) is 18.9 Å². The Morgan fingerprint density at radius 1 is 1.29 bits per heavy atom. The number of aliphatic carboxylic acids is 1. The topological polar surface area (TPSA) is 241 Å². The fourth-order valence-electron chi connectivity index (χ4n) is 4.88. The third kappa shape index (κ3) is 8.47. The largest absolute Gasteiger partial charge is 0.724 e. The van der Waals surface area contributed by atoms with Crippen LogP contribution in [-0.4, -0.2) is 76.3 Å². The van der Waals surface area contributed by atoms with Gasteiger partial charge in [0.15, 0.2) is 28.5 Å². The van der Waals surface area contributed by atoms with Crippen LogP contribution in [0.3, 0.4) is 0 Å². The third-order valence-electron chi connectivity index (χ3n) is 7.54. The number of nitrogen functional groups attached to an aromatic ring is 1. The zero-order chi connectivity index (χ0) is 35.4. The maximum absolute atomic E-state index is 15.1. The van der Waals surface area contributed by atoms with Gasteiger partial charge in [0.1, 0.15) is 30.9 Å². The lowest BCUT2D eigenvalue weighted by molar-refractivity contribution is -0.678. The third-order valence-corrected chi connectivity index (χ3v) is 8.54. The van der Waals surface area contributed by atoms with Crippen LogP contribution in [-0.2, 0) is 47.4 Å². The van der Waals surface area contributed by atoms with Crippen LogP contribution in [0.2, 0.25) is 0 Å². The summed E-state index contributed by atoms with van der Waals surface area (Å²) in [6.45, 7) is 2.66. The summed E-state index contributed by atoms with van der Waals surface area (Å²) in [5, 5.41) is 15.2. The Hall–Kier alpha value is -4.56. The van der Waals surface area contributed by atoms with Gasteiger partial charge in [-0.1, -0.05) is 5.16 Å². The molecule has 3 heterocycles. The minimum Gasteiger partial charge on any atom is -0.724 e. The molecule has 1 aromatic carbocycles. The Morgan fingerprint density at radius 2 is 2.02 bits per heavy atom. The number of hydrogen-bond acceptors (Lipinski definition) is 14. The van der Waals surface area contributed by atoms with Gasteiger partial charge in [-0.3, -0.25) is 9.59 Å². The number of ether oxygens (including phenoxy) is 1. The number of oxime groups is 1. The number of ketones is 1. The van der Waals surface area contributed by atoms with Crippen molar-refractivity contribution >= 4 is 50.2 Å². The average Bonchev–Trinajstić information content (AvgIpc) is 3.44. The number of benzene rings is 1. The molecule has 0 bridgehead atoms. The van der Waals surface area contributed by atoms with Crippen LogP contribution in [0.15, 0.2) is 47.1 Å². The molecular weight excluding hydrogens is 675 g/mol. The van der Waals surface area contributed by atoms with Gasteiger partial charge < -0.3 is 30.7 Å². The van der Waals surface area contributed by atoms with Crippen molar-refractivity contribution in [2.24, 2.45) is 23.9 Å². The first-order valence-electron chi connectivity index (χ1n) is 14.3. The van der Waals surface area contributed by atoms with E-state index in [-0.39, 0.29) is 16.6 Å². The number of hydroxylamine groups is 2. The number of carboxylic acid groups (broad SMARTS) is 1. The summed E-state index contributed by atoms with van der Waals surface area (Å²) in [6.07, 6.45) is 1.04. The van der Waals surface area contributed by atoms with Gasteiger partial charge in [-0.25, -0.2) is 27.2 Å². The Kier molecular flexibility index (Phi) is 11.1. The SMILES string of the molecule is C[n+]1cc(-c2ccc(OCC(O/N=C(\C(=O)C[C@@H]3C(=O)N(OS(=O)(=O)[O-])C3(C)C)c3csc(N)n3)C(=O)O)cc2F)ccc1CCCN. The number of amides is 1. The number of rotatable bonds is 16. The van der Waals surface area contributed by atoms with Crippen LogP contribution in [0.5, 0.6) is 5.75 Å². The number of aryl methyl sites for hydroxylation is 2. The molecule has 0 aliphatic carbocycles. The lowest BCUT2D eigenvalue weighted by Crippen LogP contribution is -2.68. The molecule has 4 rings (SSSR count). The standard InChI is InChI=1S/C29H33FN6O10S2/c1-29(2)20(26(38)36(29)46-48(41,42)43)12-23(37)25(22-15-47-28(32)33-22)34-45-24(27(39)40)14-44-18-8-9-19(21(30)11-18)16-6-7-17(5-4-10-31)35(3)13-16/h6-9,11,13,15,20,24H,4-5,10,12,14,31H2,1-3H3,(H3-,32,33,39,40,41,42,43)/b34-25-/t20-,24?/m1/s1. The zero-order valence-corrected chi connectivity index (χ0v) is 27.6. The molecule has 1 fully saturated rings. The molecule has 48 heavy (non-hydrogen) atoms. The molecule has 1 unspecified atom stereocenters. The van der Waals surface area contributed by atoms with E-state index in [4.69, 9.17) is 21.0 Å². The van der Waals surface area contributed by atoms with Gasteiger partial charge in [-0.2, -0.15) is 9.35 Å². The average molecular weight is 709 g/mol. The van der Waals surface area contributed by atoms with Crippen molar-refractivity contribution < 1.29 is 55.3 Å². The smallest absolute Gasteiger partial charge is 0.351 e. The Bertz CT molecular complexity index is 1850. The molecule has 2 aromatic heterocycles. The highest BCUT2D eigenvalue weighted by atomic mass is 32.3. The van der Waals surface area contributed by atoms with Gasteiger partial charge in [0, 0.05) is 41.5 Å². The Labute approximate surface area is 278 Å². The molecule has 0 spiro atoms. The summed E-state index contributed by atoms with van der Waals surface area (Å²) in [5.41, 5.74) is 11.3. The second-order valence-electron chi connectivity index (χ2n) is 11.3. The molecule has 1 amide bonds. The van der Waals surface area contributed by atoms with E-state index in [1.54, 1.807) is 12.3 Å². The van der Waals surface area contributed by atoms with Crippen molar-refractivity contribution in [3.63, 3.8) is 0 Å². The highest BCUT2D eigenvalue weighted by molar-refractivity contribution is 7.80. The molecule has 1 aliphatic rings. The van der Waals surface area contributed by atoms with Crippen molar-refractivity contribution in [1.82, 2.24) is 10.0 Å². The van der Waals surface area contributed by atoms with E-state index in [1.165, 1.54) is 31.4 Å². The molecule has 0 saturated carbocycles. The number of β-lactam (4-membered cyclic amide) rings is 1. The summed E-state index contributed by atoms with van der Waals surface area (Å²) in [7, 11) is -3.41. The minimum atomic E-state index is -5.26. The highest BCUT2D eigenvalue weighted by Crippen LogP contribution is 2.40. The van der Waals surface area contributed by atoms with Crippen LogP contribution in [0, 0.1) is 11.7 Å². The molecular formula is C29H33FN6O10S2. The monoisotopic (exact) mass is 708 g/mol. The normalized spacial score (nSPS) is 16.7. The first-order chi connectivity index (χ1) is 22.5. The highest BCUT2D eigenvalue weighted by Gasteiger charge is 2.57. The molecule has 2 atom stereocenters. The predicted molar refractivity (Wildman–Crippen MR) is 166 cm³/mol. The van der Waals surface area contributed by atoms with E-state index in [9.17, 15) is 32.5 Å². The fraction of sp³-hybridized carbons (Fsp3) is 0.379. The predicted octanol–water partition coefficient (Wildman–Crippen LogP) is 1.09. The number of carbonyl (C=O) groups excluding carboxylic acids is 2. The summed E-state index contributed by atoms with van der Waals surface area (Å²) < 4.78 is 59.7. The van der Waals surface area contributed by atoms with Gasteiger partial charge in [0.2, 0.25) is 10.4 Å². The van der Waals surface area contributed by atoms with Crippen molar-refractivity contribution in [3.05, 3.63) is 59.1 Å². The van der Waals surface area contributed by atoms with Gasteiger partial charge in [-0.05, 0) is 45.0 Å². The second kappa shape index (κ2) is 14.7. The molecule has 1 aliphatic heterocycles. The molecule has 19 heteroatoms. The van der Waals surface area contributed by atoms with Gasteiger partial charge in [-0.15, -0.1) is 11.3 Å². The summed E-state index contributed by atoms with van der Waals surface area (Å²) in [6, 6.07) is 7.71. The maximum atomic E-state index is 15.1. The summed E-state index contributed by atoms with van der Waals surface area (Å²) in [4.78, 5) is 47.0. The van der Waals surface area contributed by atoms with Gasteiger partial charge >= 0.3 is 5.97 Å². The molecule has 16 nitrogen and oxygen atoms in total. The number of thiazole rings is 1. The number of halogens is 1. The van der Waals surface area contributed by atoms with Crippen molar-refractivity contribution in [3.8, 4) is 16.9 Å². The maximum Gasteiger partial charge on any atom is 0.351 e. The van der Waals surface area contributed by atoms with E-state index in [1.807, 2.05) is 17.7 Å². The van der Waals surface area contributed by atoms with Crippen LogP contribution in [0.25, 0.3) is 11.1 Å². The quantitative estimate of drug-likeness (QED) is 0.0472. The summed E-state index contributed by atoms with van der Waals surface area (Å²) >= 11 is 0.948. The number of nitrogens with zero attached hydrogens (tertiary/aromatic N) is 4. The second-order valence-corrected chi connectivity index (χ2v) is 13.1. The number of hydrogen-bond donors (Lipinski definition) is 3. The minimum absolute atomic E-state index is 0.000175. The van der Waals surface area contributed by atoms with Crippen molar-refractivity contribution in [1.29, 1.82) is 0 Å². The number of anilines is 1. The number of Topliss-reactive ketones (excluding diaryl/α,β-unsaturated/α-hetero) is 1. The van der Waals surface area contributed by atoms with Crippen LogP contribution in [0.1, 0.15) is 38.1 Å². The van der Waals surface area contributed by atoms with Crippen LogP contribution >= 0.6 is 11.3 Å². The summed E-state index contributed by atoms with van der Waals surface area (Å²) in [5.74, 6) is -5.06. The number of aromatic nitrogens is 2. The lowest BCUT2D eigenvalue weighted by Gasteiger charge is -2.51. The van der Waals surface area contributed by atoms with Crippen LogP contribution < -0.4 is 20.8 Å². The van der Waals surface area contributed by atoms with Crippen LogP contribution in [0.4, 0.5) is 9.52 Å². The van der Waals surface area contributed by atoms with E-state index in [2.05, 4.69) is 14.4 Å². The lowest BCUT2D eigenvalue weighted by atomic mass is 9.74. The molecule has 3 aromatic rings. The van der Waals surface area contributed by atoms with E-state index < -0.39 is 70.2 Å². The Morgan fingerprint density at radius 3 is 2.58 bits per heavy atom. The fourth-order valence-corrected chi connectivity index (χ4v) is 5.87. The zero-order valence-electron chi connectivity index (χ0n) is 26.0. The van der Waals surface area contributed by atoms with E-state index >= 15 is 4.39 Å². The van der Waals surface area contributed by atoms with Gasteiger partial charge in [0.25, 0.3) is 12.0 Å². The Balaban J connectivity index is 1.47. The first-order valence-corrected chi connectivity index (χ1v) is 16.5. The first kappa shape index (κ1) is 36.3. The number of carboxylic acids is 1. The van der Waals surface area contributed by atoms with Gasteiger partial charge in [0.05, 0.1) is 11.5 Å². The van der Waals surface area contributed by atoms with E-state index in [0.29, 0.717) is 22.7 Å². The van der Waals surface area contributed by atoms with E-state index in [0.717, 1.165) is 35.9 Å². The molecule has 5 N–H and O–H groups in total. The number of carbonyl (C=O) groups is 3. The van der Waals surface area contributed by atoms with Crippen molar-refractivity contribution in [2.45, 2.75) is 44.8 Å². The molecule has 258 valence electrons. The molecule has 0 radical (unpaired) electrons. The number of nitrogens with two attached hydrogens (primary N) is 2. The number of pyridine rings is 1. The molecule has 1 saturated heterocycles.